The highest BCUT2D eigenvalue weighted by atomic mass is 19.1. The number of amides is 1. The molecule has 3 aromatic rings. The fourth-order valence-electron chi connectivity index (χ4n) is 3.05. The summed E-state index contributed by atoms with van der Waals surface area (Å²) in [5, 5.41) is 5.80. The summed E-state index contributed by atoms with van der Waals surface area (Å²) >= 11 is 0. The van der Waals surface area contributed by atoms with E-state index in [0.717, 1.165) is 16.8 Å². The van der Waals surface area contributed by atoms with Crippen LogP contribution < -0.4 is 21.9 Å². The van der Waals surface area contributed by atoms with Crippen molar-refractivity contribution in [1.29, 1.82) is 0 Å². The minimum Gasteiger partial charge on any atom is -0.384 e. The van der Waals surface area contributed by atoms with E-state index >= 15 is 0 Å². The van der Waals surface area contributed by atoms with Gasteiger partial charge in [0.2, 0.25) is 5.91 Å². The van der Waals surface area contributed by atoms with Crippen molar-refractivity contribution in [3.63, 3.8) is 0 Å². The number of carbonyl (C=O) groups is 1. The molecule has 31 heavy (non-hydrogen) atoms. The summed E-state index contributed by atoms with van der Waals surface area (Å²) in [6.07, 6.45) is 2.15. The lowest BCUT2D eigenvalue weighted by Crippen LogP contribution is -2.34. The Bertz CT molecular complexity index is 1130. The maximum atomic E-state index is 13.0. The van der Waals surface area contributed by atoms with Crippen LogP contribution in [0, 0.1) is 19.7 Å². The quantitative estimate of drug-likeness (QED) is 0.509. The number of nitrogens with two attached hydrogens (primary N) is 1. The van der Waals surface area contributed by atoms with E-state index in [9.17, 15) is 14.0 Å². The Balaban J connectivity index is 1.60. The third kappa shape index (κ3) is 5.88. The summed E-state index contributed by atoms with van der Waals surface area (Å²) in [7, 11) is 0. The summed E-state index contributed by atoms with van der Waals surface area (Å²) in [4.78, 5) is 33.5. The molecule has 0 fully saturated rings. The van der Waals surface area contributed by atoms with Gasteiger partial charge in [0, 0.05) is 30.7 Å². The molecule has 1 aromatic carbocycles. The molecule has 9 heteroatoms. The number of hydrogen-bond donors (Lipinski definition) is 3. The van der Waals surface area contributed by atoms with Crippen LogP contribution in [0.3, 0.4) is 0 Å². The van der Waals surface area contributed by atoms with Crippen LogP contribution in [0.2, 0.25) is 0 Å². The second kappa shape index (κ2) is 9.84. The molecule has 0 atom stereocenters. The average molecular weight is 424 g/mol. The van der Waals surface area contributed by atoms with Crippen molar-refractivity contribution in [2.75, 3.05) is 17.6 Å². The van der Waals surface area contributed by atoms with Crippen LogP contribution in [0.5, 0.6) is 0 Å². The van der Waals surface area contributed by atoms with Gasteiger partial charge in [-0.05, 0) is 49.6 Å². The van der Waals surface area contributed by atoms with Crippen LogP contribution in [0.25, 0.3) is 0 Å². The van der Waals surface area contributed by atoms with E-state index in [1.165, 1.54) is 16.7 Å². The number of aromatic nitrogens is 3. The zero-order valence-corrected chi connectivity index (χ0v) is 17.5. The number of halogens is 1. The number of benzene rings is 1. The van der Waals surface area contributed by atoms with Crippen molar-refractivity contribution in [2.24, 2.45) is 0 Å². The molecule has 1 amide bonds. The number of hydrogen-bond acceptors (Lipinski definition) is 6. The second-order valence-electron chi connectivity index (χ2n) is 7.20. The largest absolute Gasteiger partial charge is 0.384 e. The maximum absolute atomic E-state index is 13.0. The van der Waals surface area contributed by atoms with Crippen molar-refractivity contribution >= 4 is 17.5 Å². The standard InChI is InChI=1S/C22H25FN6O2/c1-14-11-27-21(25-10-9-16-3-6-18(23)7-4-16)22(31)29(14)13-20(30)26-12-17-5-8-19(24)28-15(17)2/h3-8,11H,9-10,12-13H2,1-2H3,(H2,24,28)(H,25,27)(H,26,30). The van der Waals surface area contributed by atoms with Gasteiger partial charge in [-0.25, -0.2) is 14.4 Å². The van der Waals surface area contributed by atoms with Gasteiger partial charge in [0.05, 0.1) is 0 Å². The highest BCUT2D eigenvalue weighted by Crippen LogP contribution is 2.08. The Hall–Kier alpha value is -3.75. The minimum atomic E-state index is -0.375. The van der Waals surface area contributed by atoms with Crippen LogP contribution in [-0.2, 0) is 24.3 Å². The van der Waals surface area contributed by atoms with Crippen molar-refractivity contribution in [1.82, 2.24) is 19.9 Å². The highest BCUT2D eigenvalue weighted by Gasteiger charge is 2.12. The summed E-state index contributed by atoms with van der Waals surface area (Å²) < 4.78 is 14.4. The highest BCUT2D eigenvalue weighted by molar-refractivity contribution is 5.75. The van der Waals surface area contributed by atoms with Crippen LogP contribution in [-0.4, -0.2) is 27.0 Å². The molecule has 4 N–H and O–H groups in total. The van der Waals surface area contributed by atoms with Gasteiger partial charge >= 0.3 is 0 Å². The van der Waals surface area contributed by atoms with Gasteiger partial charge < -0.3 is 16.4 Å². The van der Waals surface area contributed by atoms with E-state index in [1.54, 1.807) is 31.3 Å². The zero-order valence-electron chi connectivity index (χ0n) is 17.5. The number of carbonyl (C=O) groups excluding carboxylic acids is 1. The molecule has 0 radical (unpaired) electrons. The van der Waals surface area contributed by atoms with Gasteiger partial charge in [0.1, 0.15) is 18.2 Å². The van der Waals surface area contributed by atoms with Gasteiger partial charge in [-0.1, -0.05) is 18.2 Å². The Morgan fingerprint density at radius 1 is 1.16 bits per heavy atom. The fraction of sp³-hybridized carbons (Fsp3) is 0.273. The molecule has 0 aliphatic heterocycles. The van der Waals surface area contributed by atoms with E-state index in [0.29, 0.717) is 31.0 Å². The molecule has 0 aliphatic rings. The average Bonchev–Trinajstić information content (AvgIpc) is 2.73. The van der Waals surface area contributed by atoms with Crippen molar-refractivity contribution < 1.29 is 9.18 Å². The first kappa shape index (κ1) is 21.9. The molecule has 8 nitrogen and oxygen atoms in total. The molecule has 162 valence electrons. The molecule has 3 rings (SSSR count). The molecule has 0 bridgehead atoms. The molecule has 2 aromatic heterocycles. The van der Waals surface area contributed by atoms with E-state index < -0.39 is 0 Å². The smallest absolute Gasteiger partial charge is 0.293 e. The lowest BCUT2D eigenvalue weighted by Gasteiger charge is -2.13. The van der Waals surface area contributed by atoms with Gasteiger partial charge in [-0.2, -0.15) is 0 Å². The first-order valence-electron chi connectivity index (χ1n) is 9.87. The predicted octanol–water partition coefficient (Wildman–Crippen LogP) is 1.95. The number of pyridine rings is 1. The summed E-state index contributed by atoms with van der Waals surface area (Å²) in [5.41, 5.74) is 8.38. The number of nitrogens with zero attached hydrogens (tertiary/aromatic N) is 3. The second-order valence-corrected chi connectivity index (χ2v) is 7.20. The molecular weight excluding hydrogens is 399 g/mol. The molecule has 0 aliphatic carbocycles. The van der Waals surface area contributed by atoms with Crippen LogP contribution in [0.15, 0.2) is 47.4 Å². The third-order valence-corrected chi connectivity index (χ3v) is 4.87. The van der Waals surface area contributed by atoms with Crippen LogP contribution >= 0.6 is 0 Å². The topological polar surface area (TPSA) is 115 Å². The fourth-order valence-corrected chi connectivity index (χ4v) is 3.05. The lowest BCUT2D eigenvalue weighted by atomic mass is 10.1. The summed E-state index contributed by atoms with van der Waals surface area (Å²) in [5.74, 6) is -0.00383. The molecule has 0 unspecified atom stereocenters. The number of nitrogen functional groups attached to an aromatic ring is 1. The first-order valence-corrected chi connectivity index (χ1v) is 9.87. The minimum absolute atomic E-state index is 0.124. The van der Waals surface area contributed by atoms with E-state index in [2.05, 4.69) is 20.6 Å². The Morgan fingerprint density at radius 2 is 1.90 bits per heavy atom. The Labute approximate surface area is 179 Å². The van der Waals surface area contributed by atoms with E-state index in [-0.39, 0.29) is 29.6 Å². The summed E-state index contributed by atoms with van der Waals surface area (Å²) in [6, 6.07) is 9.67. The van der Waals surface area contributed by atoms with Crippen molar-refractivity contribution in [3.05, 3.63) is 81.3 Å². The van der Waals surface area contributed by atoms with Crippen LogP contribution in [0.4, 0.5) is 16.0 Å². The lowest BCUT2D eigenvalue weighted by molar-refractivity contribution is -0.121. The first-order chi connectivity index (χ1) is 14.8. The number of nitrogens with one attached hydrogen (secondary N) is 2. The van der Waals surface area contributed by atoms with Gasteiger partial charge in [-0.3, -0.25) is 14.2 Å². The van der Waals surface area contributed by atoms with E-state index in [4.69, 9.17) is 5.73 Å². The Morgan fingerprint density at radius 3 is 2.61 bits per heavy atom. The molecule has 0 saturated heterocycles. The molecule has 2 heterocycles. The van der Waals surface area contributed by atoms with Gasteiger partial charge in [-0.15, -0.1) is 0 Å². The van der Waals surface area contributed by atoms with E-state index in [1.807, 2.05) is 13.0 Å². The van der Waals surface area contributed by atoms with Gasteiger partial charge in [0.15, 0.2) is 5.82 Å². The number of anilines is 2. The van der Waals surface area contributed by atoms with Crippen molar-refractivity contribution in [3.8, 4) is 0 Å². The molecule has 0 spiro atoms. The maximum Gasteiger partial charge on any atom is 0.293 e. The zero-order chi connectivity index (χ0) is 22.4. The van der Waals surface area contributed by atoms with Crippen molar-refractivity contribution in [2.45, 2.75) is 33.4 Å². The summed E-state index contributed by atoms with van der Waals surface area (Å²) in [6.45, 7) is 4.16. The number of aryl methyl sites for hydroxylation is 2. The van der Waals surface area contributed by atoms with Gasteiger partial charge in [0.25, 0.3) is 5.56 Å². The predicted molar refractivity (Wildman–Crippen MR) is 117 cm³/mol. The number of rotatable bonds is 8. The normalized spacial score (nSPS) is 10.7. The monoisotopic (exact) mass is 424 g/mol. The third-order valence-electron chi connectivity index (χ3n) is 4.87. The van der Waals surface area contributed by atoms with Crippen LogP contribution in [0.1, 0.15) is 22.5 Å². The SMILES string of the molecule is Cc1nc(N)ccc1CNC(=O)Cn1c(C)cnc(NCCc2ccc(F)cc2)c1=O. The Kier molecular flexibility index (Phi) is 6.96. The molecular formula is C22H25FN6O2. The molecule has 0 saturated carbocycles.